The van der Waals surface area contributed by atoms with Crippen molar-refractivity contribution in [2.75, 3.05) is 18.4 Å². The fourth-order valence-electron chi connectivity index (χ4n) is 3.51. The van der Waals surface area contributed by atoms with E-state index in [-0.39, 0.29) is 17.6 Å². The van der Waals surface area contributed by atoms with Gasteiger partial charge in [0.2, 0.25) is 11.0 Å². The van der Waals surface area contributed by atoms with Crippen LogP contribution in [-0.2, 0) is 17.1 Å². The highest BCUT2D eigenvalue weighted by molar-refractivity contribution is 8.00. The molecule has 1 aliphatic heterocycles. The Bertz CT molecular complexity index is 965. The molecule has 5 nitrogen and oxygen atoms in total. The van der Waals surface area contributed by atoms with Gasteiger partial charge in [-0.1, -0.05) is 65.6 Å². The Hall–Kier alpha value is -2.29. The van der Waals surface area contributed by atoms with E-state index in [1.54, 1.807) is 23.9 Å². The molecule has 0 spiro atoms. The lowest BCUT2D eigenvalue weighted by Gasteiger charge is -2.31. The molecule has 2 aromatic carbocycles. The molecule has 1 amide bonds. The van der Waals surface area contributed by atoms with Crippen LogP contribution >= 0.6 is 23.1 Å². The largest absolute Gasteiger partial charge is 0.300 e. The van der Waals surface area contributed by atoms with E-state index in [1.165, 1.54) is 29.0 Å². The molecular formula is C22H23FN4OS2. The fourth-order valence-corrected chi connectivity index (χ4v) is 5.22. The minimum Gasteiger partial charge on any atom is -0.300 e. The van der Waals surface area contributed by atoms with Gasteiger partial charge in [-0.3, -0.25) is 9.69 Å². The molecular weight excluding hydrogens is 419 g/mol. The molecule has 1 saturated heterocycles. The maximum atomic E-state index is 13.1. The second-order valence-electron chi connectivity index (χ2n) is 7.34. The first kappa shape index (κ1) is 21.0. The number of amides is 1. The van der Waals surface area contributed by atoms with Gasteiger partial charge in [0.1, 0.15) is 5.82 Å². The Balaban J connectivity index is 1.28. The lowest BCUT2D eigenvalue weighted by molar-refractivity contribution is -0.121. The lowest BCUT2D eigenvalue weighted by Crippen LogP contribution is -2.40. The van der Waals surface area contributed by atoms with Crippen molar-refractivity contribution < 1.29 is 9.18 Å². The third-order valence-electron chi connectivity index (χ3n) is 5.04. The average Bonchev–Trinajstić information content (AvgIpc) is 3.22. The molecule has 30 heavy (non-hydrogen) atoms. The zero-order chi connectivity index (χ0) is 20.8. The summed E-state index contributed by atoms with van der Waals surface area (Å²) in [6.07, 6.45) is 1.83. The van der Waals surface area contributed by atoms with Crippen LogP contribution in [0.3, 0.4) is 0 Å². The number of carbonyl (C=O) groups is 1. The number of benzene rings is 2. The lowest BCUT2D eigenvalue weighted by atomic mass is 9.97. The van der Waals surface area contributed by atoms with Gasteiger partial charge in [-0.2, -0.15) is 0 Å². The number of hydrogen-bond acceptors (Lipinski definition) is 6. The molecule has 3 aromatic rings. The number of halogens is 1. The Labute approximate surface area is 183 Å². The van der Waals surface area contributed by atoms with Gasteiger partial charge in [0.05, 0.1) is 5.92 Å². The van der Waals surface area contributed by atoms with E-state index < -0.39 is 0 Å². The van der Waals surface area contributed by atoms with Crippen molar-refractivity contribution in [2.24, 2.45) is 5.92 Å². The van der Waals surface area contributed by atoms with Crippen molar-refractivity contribution in [3.63, 3.8) is 0 Å². The van der Waals surface area contributed by atoms with Gasteiger partial charge in [-0.15, -0.1) is 10.2 Å². The zero-order valence-corrected chi connectivity index (χ0v) is 18.1. The number of nitrogens with zero attached hydrogens (tertiary/aromatic N) is 3. The van der Waals surface area contributed by atoms with Gasteiger partial charge >= 0.3 is 0 Å². The van der Waals surface area contributed by atoms with E-state index in [1.807, 2.05) is 18.2 Å². The molecule has 4 rings (SSSR count). The van der Waals surface area contributed by atoms with Gasteiger partial charge < -0.3 is 5.32 Å². The summed E-state index contributed by atoms with van der Waals surface area (Å²) >= 11 is 3.03. The summed E-state index contributed by atoms with van der Waals surface area (Å²) in [5, 5.41) is 11.8. The van der Waals surface area contributed by atoms with Crippen LogP contribution in [0.5, 0.6) is 0 Å². The highest BCUT2D eigenvalue weighted by Gasteiger charge is 2.26. The van der Waals surface area contributed by atoms with Crippen LogP contribution in [0, 0.1) is 11.7 Å². The first-order chi connectivity index (χ1) is 14.7. The summed E-state index contributed by atoms with van der Waals surface area (Å²) in [5.74, 6) is 0.510. The number of nitrogens with one attached hydrogen (secondary N) is 1. The Morgan fingerprint density at radius 2 is 1.93 bits per heavy atom. The third-order valence-corrected chi connectivity index (χ3v) is 7.08. The van der Waals surface area contributed by atoms with Gasteiger partial charge in [0, 0.05) is 18.8 Å². The molecule has 1 aromatic heterocycles. The predicted octanol–water partition coefficient (Wildman–Crippen LogP) is 4.82. The van der Waals surface area contributed by atoms with Crippen LogP contribution in [0.4, 0.5) is 9.52 Å². The molecule has 8 heteroatoms. The summed E-state index contributed by atoms with van der Waals surface area (Å²) in [7, 11) is 0. The minimum atomic E-state index is -0.229. The highest BCUT2D eigenvalue weighted by Crippen LogP contribution is 2.29. The van der Waals surface area contributed by atoms with Crippen LogP contribution in [0.25, 0.3) is 0 Å². The number of thioether (sulfide) groups is 1. The summed E-state index contributed by atoms with van der Waals surface area (Å²) < 4.78 is 13.9. The number of anilines is 1. The number of rotatable bonds is 7. The van der Waals surface area contributed by atoms with E-state index in [0.717, 1.165) is 41.6 Å². The number of hydrogen-bond donors (Lipinski definition) is 1. The SMILES string of the molecule is O=C(Nc1nnc(SCc2ccccc2)s1)[C@@H]1CCCN(Cc2ccc(F)cc2)C1. The van der Waals surface area contributed by atoms with Crippen molar-refractivity contribution in [2.45, 2.75) is 29.5 Å². The quantitative estimate of drug-likeness (QED) is 0.420. The van der Waals surface area contributed by atoms with Gasteiger partial charge in [0.15, 0.2) is 4.34 Å². The number of aromatic nitrogens is 2. The van der Waals surface area contributed by atoms with Crippen molar-refractivity contribution in [1.82, 2.24) is 15.1 Å². The Morgan fingerprint density at radius 3 is 2.73 bits per heavy atom. The number of likely N-dealkylation sites (tertiary alicyclic amines) is 1. The molecule has 156 valence electrons. The Kier molecular flexibility index (Phi) is 7.09. The molecule has 1 fully saturated rings. The molecule has 0 saturated carbocycles. The van der Waals surface area contributed by atoms with Crippen LogP contribution in [0.2, 0.25) is 0 Å². The average molecular weight is 443 g/mol. The van der Waals surface area contributed by atoms with Crippen molar-refractivity contribution in [3.05, 3.63) is 71.5 Å². The van der Waals surface area contributed by atoms with Gasteiger partial charge in [0.25, 0.3) is 0 Å². The second-order valence-corrected chi connectivity index (χ2v) is 9.54. The smallest absolute Gasteiger partial charge is 0.230 e. The predicted molar refractivity (Wildman–Crippen MR) is 119 cm³/mol. The molecule has 2 heterocycles. The van der Waals surface area contributed by atoms with Crippen LogP contribution in [-0.4, -0.2) is 34.1 Å². The van der Waals surface area contributed by atoms with Crippen LogP contribution < -0.4 is 5.32 Å². The third kappa shape index (κ3) is 5.87. The first-order valence-electron chi connectivity index (χ1n) is 9.93. The highest BCUT2D eigenvalue weighted by atomic mass is 32.2. The van der Waals surface area contributed by atoms with E-state index in [2.05, 4.69) is 32.5 Å². The summed E-state index contributed by atoms with van der Waals surface area (Å²) in [6, 6.07) is 16.8. The van der Waals surface area contributed by atoms with E-state index in [9.17, 15) is 9.18 Å². The fraction of sp³-hybridized carbons (Fsp3) is 0.318. The topological polar surface area (TPSA) is 58.1 Å². The normalized spacial score (nSPS) is 17.0. The van der Waals surface area contributed by atoms with Crippen molar-refractivity contribution >= 4 is 34.1 Å². The molecule has 0 radical (unpaired) electrons. The van der Waals surface area contributed by atoms with Crippen LogP contribution in [0.15, 0.2) is 58.9 Å². The molecule has 0 unspecified atom stereocenters. The summed E-state index contributed by atoms with van der Waals surface area (Å²) in [5.41, 5.74) is 2.29. The van der Waals surface area contributed by atoms with Gasteiger partial charge in [-0.05, 0) is 42.6 Å². The van der Waals surface area contributed by atoms with E-state index in [0.29, 0.717) is 11.7 Å². The molecule has 1 N–H and O–H groups in total. The van der Waals surface area contributed by atoms with Gasteiger partial charge in [-0.25, -0.2) is 4.39 Å². The van der Waals surface area contributed by atoms with Crippen LogP contribution in [0.1, 0.15) is 24.0 Å². The first-order valence-corrected chi connectivity index (χ1v) is 11.7. The molecule has 1 aliphatic rings. The maximum absolute atomic E-state index is 13.1. The summed E-state index contributed by atoms with van der Waals surface area (Å²) in [6.45, 7) is 2.36. The van der Waals surface area contributed by atoms with E-state index in [4.69, 9.17) is 0 Å². The molecule has 0 bridgehead atoms. The number of carbonyl (C=O) groups excluding carboxylic acids is 1. The molecule has 1 atom stereocenters. The maximum Gasteiger partial charge on any atom is 0.230 e. The molecule has 0 aliphatic carbocycles. The van der Waals surface area contributed by atoms with Crippen molar-refractivity contribution in [3.8, 4) is 0 Å². The second kappa shape index (κ2) is 10.1. The zero-order valence-electron chi connectivity index (χ0n) is 16.5. The van der Waals surface area contributed by atoms with Crippen molar-refractivity contribution in [1.29, 1.82) is 0 Å². The van der Waals surface area contributed by atoms with E-state index >= 15 is 0 Å². The standard InChI is InChI=1S/C22H23FN4OS2/c23-19-10-8-16(9-11-19)13-27-12-4-7-18(14-27)20(28)24-21-25-26-22(30-21)29-15-17-5-2-1-3-6-17/h1-3,5-6,8-11,18H,4,7,12-15H2,(H,24,25,28)/t18-/m1/s1. The Morgan fingerprint density at radius 1 is 1.13 bits per heavy atom. The minimum absolute atomic E-state index is 0.00503. The monoisotopic (exact) mass is 442 g/mol. The summed E-state index contributed by atoms with van der Waals surface area (Å²) in [4.78, 5) is 15.0. The number of piperidine rings is 1.